The lowest BCUT2D eigenvalue weighted by Crippen LogP contribution is -2.25. The van der Waals surface area contributed by atoms with Crippen LogP contribution in [0.4, 0.5) is 4.39 Å². The molecule has 1 aromatic carbocycles. The molecular formula is C13H18FNO. The largest absolute Gasteiger partial charge is 0.352 e. The maximum Gasteiger partial charge on any atom is 0.254 e. The lowest BCUT2D eigenvalue weighted by Gasteiger charge is -2.06. The molecular weight excluding hydrogens is 205 g/mol. The number of aryl methyl sites for hydroxylation is 1. The summed E-state index contributed by atoms with van der Waals surface area (Å²) in [4.78, 5) is 11.6. The average molecular weight is 223 g/mol. The van der Waals surface area contributed by atoms with Gasteiger partial charge in [0.05, 0.1) is 5.56 Å². The van der Waals surface area contributed by atoms with Crippen molar-refractivity contribution in [3.8, 4) is 0 Å². The summed E-state index contributed by atoms with van der Waals surface area (Å²) in [5.74, 6) is -0.743. The highest BCUT2D eigenvalue weighted by Gasteiger charge is 2.11. The highest BCUT2D eigenvalue weighted by atomic mass is 19.1. The third-order valence-corrected chi connectivity index (χ3v) is 2.50. The predicted octanol–water partition coefficient (Wildman–Crippen LogP) is 3.05. The lowest BCUT2D eigenvalue weighted by molar-refractivity contribution is 0.0949. The fraction of sp³-hybridized carbons (Fsp3) is 0.462. The van der Waals surface area contributed by atoms with E-state index in [1.165, 1.54) is 6.07 Å². The number of carbonyl (C=O) groups excluding carboxylic acids is 1. The molecule has 0 aromatic heterocycles. The number of hydrogen-bond acceptors (Lipinski definition) is 1. The Morgan fingerprint density at radius 2 is 2.12 bits per heavy atom. The van der Waals surface area contributed by atoms with Gasteiger partial charge in [-0.1, -0.05) is 31.9 Å². The molecule has 88 valence electrons. The molecule has 2 nitrogen and oxygen atoms in total. The Morgan fingerprint density at radius 3 is 2.81 bits per heavy atom. The predicted molar refractivity (Wildman–Crippen MR) is 63.0 cm³/mol. The SMILES string of the molecule is CCCCCNC(=O)c1cccc(C)c1F. The van der Waals surface area contributed by atoms with Crippen LogP contribution in [-0.4, -0.2) is 12.5 Å². The van der Waals surface area contributed by atoms with E-state index >= 15 is 0 Å². The number of nitrogens with one attached hydrogen (secondary N) is 1. The molecule has 0 aliphatic heterocycles. The number of rotatable bonds is 5. The molecule has 0 aliphatic carbocycles. The molecule has 3 heteroatoms. The number of amides is 1. The molecule has 1 rings (SSSR count). The molecule has 0 atom stereocenters. The second-order valence-electron chi connectivity index (χ2n) is 3.90. The van der Waals surface area contributed by atoms with Crippen LogP contribution in [0.2, 0.25) is 0 Å². The average Bonchev–Trinajstić information content (AvgIpc) is 2.28. The van der Waals surface area contributed by atoms with Crippen LogP contribution in [0.3, 0.4) is 0 Å². The van der Waals surface area contributed by atoms with Gasteiger partial charge in [0.25, 0.3) is 5.91 Å². The number of benzene rings is 1. The summed E-state index contributed by atoms with van der Waals surface area (Å²) in [6.45, 7) is 4.37. The molecule has 0 bridgehead atoms. The van der Waals surface area contributed by atoms with Gasteiger partial charge in [0, 0.05) is 6.54 Å². The molecule has 16 heavy (non-hydrogen) atoms. The summed E-state index contributed by atoms with van der Waals surface area (Å²) < 4.78 is 13.6. The third kappa shape index (κ3) is 3.33. The molecule has 1 aromatic rings. The molecule has 1 amide bonds. The van der Waals surface area contributed by atoms with Gasteiger partial charge in [-0.2, -0.15) is 0 Å². The highest BCUT2D eigenvalue weighted by molar-refractivity contribution is 5.94. The summed E-state index contributed by atoms with van der Waals surface area (Å²) in [5.41, 5.74) is 0.637. The lowest BCUT2D eigenvalue weighted by atomic mass is 10.1. The van der Waals surface area contributed by atoms with Crippen LogP contribution < -0.4 is 5.32 Å². The standard InChI is InChI=1S/C13H18FNO/c1-3-4-5-9-15-13(16)11-8-6-7-10(2)12(11)14/h6-8H,3-5,9H2,1-2H3,(H,15,16). The van der Waals surface area contributed by atoms with Crippen LogP contribution in [0, 0.1) is 12.7 Å². The van der Waals surface area contributed by atoms with Crippen LogP contribution in [0.1, 0.15) is 42.1 Å². The van der Waals surface area contributed by atoms with Gasteiger partial charge < -0.3 is 5.32 Å². The van der Waals surface area contributed by atoms with Crippen LogP contribution in [-0.2, 0) is 0 Å². The van der Waals surface area contributed by atoms with Crippen molar-refractivity contribution in [3.63, 3.8) is 0 Å². The van der Waals surface area contributed by atoms with Crippen molar-refractivity contribution in [1.29, 1.82) is 0 Å². The van der Waals surface area contributed by atoms with Crippen LogP contribution in [0.25, 0.3) is 0 Å². The highest BCUT2D eigenvalue weighted by Crippen LogP contribution is 2.11. The van der Waals surface area contributed by atoms with Crippen LogP contribution in [0.5, 0.6) is 0 Å². The fourth-order valence-electron chi connectivity index (χ4n) is 1.49. The van der Waals surface area contributed by atoms with E-state index in [-0.39, 0.29) is 11.5 Å². The van der Waals surface area contributed by atoms with Gasteiger partial charge in [-0.05, 0) is 25.0 Å². The van der Waals surface area contributed by atoms with E-state index in [1.807, 2.05) is 0 Å². The van der Waals surface area contributed by atoms with Gasteiger partial charge in [-0.25, -0.2) is 4.39 Å². The smallest absolute Gasteiger partial charge is 0.254 e. The van der Waals surface area contributed by atoms with E-state index in [0.29, 0.717) is 12.1 Å². The Morgan fingerprint density at radius 1 is 1.38 bits per heavy atom. The van der Waals surface area contributed by atoms with Crippen molar-refractivity contribution in [2.75, 3.05) is 6.54 Å². The minimum absolute atomic E-state index is 0.136. The molecule has 0 saturated heterocycles. The maximum atomic E-state index is 13.6. The van der Waals surface area contributed by atoms with Crippen LogP contribution in [0.15, 0.2) is 18.2 Å². The van der Waals surface area contributed by atoms with Gasteiger partial charge in [0.15, 0.2) is 0 Å². The Bertz CT molecular complexity index is 363. The summed E-state index contributed by atoms with van der Waals surface area (Å²) in [6.07, 6.45) is 3.13. The van der Waals surface area contributed by atoms with Crippen molar-refractivity contribution in [1.82, 2.24) is 5.32 Å². The fourth-order valence-corrected chi connectivity index (χ4v) is 1.49. The van der Waals surface area contributed by atoms with Gasteiger partial charge in [0.1, 0.15) is 5.82 Å². The minimum Gasteiger partial charge on any atom is -0.352 e. The minimum atomic E-state index is -0.421. The van der Waals surface area contributed by atoms with Crippen molar-refractivity contribution in [2.45, 2.75) is 33.1 Å². The number of halogens is 1. The monoisotopic (exact) mass is 223 g/mol. The van der Waals surface area contributed by atoms with Crippen molar-refractivity contribution in [2.24, 2.45) is 0 Å². The van der Waals surface area contributed by atoms with Crippen molar-refractivity contribution < 1.29 is 9.18 Å². The molecule has 0 fully saturated rings. The zero-order chi connectivity index (χ0) is 12.0. The van der Waals surface area contributed by atoms with E-state index in [2.05, 4.69) is 12.2 Å². The summed E-state index contributed by atoms with van der Waals surface area (Å²) in [7, 11) is 0. The number of carbonyl (C=O) groups is 1. The summed E-state index contributed by atoms with van der Waals surface area (Å²) >= 11 is 0. The molecule has 0 aliphatic rings. The molecule has 0 radical (unpaired) electrons. The Labute approximate surface area is 95.9 Å². The first-order valence-corrected chi connectivity index (χ1v) is 5.70. The topological polar surface area (TPSA) is 29.1 Å². The molecule has 0 heterocycles. The van der Waals surface area contributed by atoms with E-state index in [4.69, 9.17) is 0 Å². The van der Waals surface area contributed by atoms with E-state index in [1.54, 1.807) is 19.1 Å². The second-order valence-corrected chi connectivity index (χ2v) is 3.90. The number of hydrogen-bond donors (Lipinski definition) is 1. The van der Waals surface area contributed by atoms with Crippen LogP contribution >= 0.6 is 0 Å². The van der Waals surface area contributed by atoms with Gasteiger partial charge in [0.2, 0.25) is 0 Å². The summed E-state index contributed by atoms with van der Waals surface area (Å²) in [6, 6.07) is 4.86. The number of unbranched alkanes of at least 4 members (excludes halogenated alkanes) is 2. The van der Waals surface area contributed by atoms with Gasteiger partial charge >= 0.3 is 0 Å². The molecule has 0 unspecified atom stereocenters. The third-order valence-electron chi connectivity index (χ3n) is 2.50. The van der Waals surface area contributed by atoms with Gasteiger partial charge in [-0.3, -0.25) is 4.79 Å². The van der Waals surface area contributed by atoms with Gasteiger partial charge in [-0.15, -0.1) is 0 Å². The quantitative estimate of drug-likeness (QED) is 0.764. The molecule has 1 N–H and O–H groups in total. The molecule has 0 spiro atoms. The first-order valence-electron chi connectivity index (χ1n) is 5.70. The van der Waals surface area contributed by atoms with E-state index in [0.717, 1.165) is 19.3 Å². The summed E-state index contributed by atoms with van der Waals surface area (Å²) in [5, 5.41) is 2.72. The first-order chi connectivity index (χ1) is 7.66. The van der Waals surface area contributed by atoms with E-state index in [9.17, 15) is 9.18 Å². The zero-order valence-corrected chi connectivity index (χ0v) is 9.85. The normalized spacial score (nSPS) is 10.2. The second kappa shape index (κ2) is 6.26. The van der Waals surface area contributed by atoms with E-state index < -0.39 is 5.82 Å². The van der Waals surface area contributed by atoms with Crippen molar-refractivity contribution >= 4 is 5.91 Å². The van der Waals surface area contributed by atoms with Crippen molar-refractivity contribution in [3.05, 3.63) is 35.1 Å². The zero-order valence-electron chi connectivity index (χ0n) is 9.85. The Balaban J connectivity index is 2.56. The maximum absolute atomic E-state index is 13.6. The Kier molecular flexibility index (Phi) is 4.96. The first kappa shape index (κ1) is 12.7. The Hall–Kier alpha value is -1.38. The molecule has 0 saturated carbocycles.